The summed E-state index contributed by atoms with van der Waals surface area (Å²) in [5, 5.41) is 4.88. The molecule has 0 bridgehead atoms. The van der Waals surface area contributed by atoms with Crippen LogP contribution >= 0.6 is 0 Å². The second-order valence-electron chi connectivity index (χ2n) is 14.2. The van der Waals surface area contributed by atoms with Crippen LogP contribution in [0.3, 0.4) is 0 Å². The van der Waals surface area contributed by atoms with Crippen LogP contribution in [-0.2, 0) is 12.8 Å². The van der Waals surface area contributed by atoms with Crippen molar-refractivity contribution < 1.29 is 0 Å². The van der Waals surface area contributed by atoms with Gasteiger partial charge in [0.1, 0.15) is 0 Å². The van der Waals surface area contributed by atoms with Crippen molar-refractivity contribution in [1.29, 1.82) is 0 Å². The Morgan fingerprint density at radius 3 is 2.00 bits per heavy atom. The molecule has 0 fully saturated rings. The van der Waals surface area contributed by atoms with Gasteiger partial charge < -0.3 is 26.3 Å². The molecule has 0 radical (unpaired) electrons. The average Bonchev–Trinajstić information content (AvgIpc) is 3.68. The van der Waals surface area contributed by atoms with Gasteiger partial charge >= 0.3 is 0 Å². The molecule has 0 spiro atoms. The molecule has 0 atom stereocenters. The van der Waals surface area contributed by atoms with E-state index < -0.39 is 0 Å². The SMILES string of the molecule is C=C/C(=C\CN)c1ccc2c(c1)c1cc3c(cc1n2/C(C)=C(C)/C=C\N)-c1cc2c(cc1CC3)c1cc(C(/C=C\N)=C/C)ccc1n2-c1cnccc1C. The number of aryl methyl sites for hydroxylation is 3. The van der Waals surface area contributed by atoms with Gasteiger partial charge in [0.25, 0.3) is 0 Å². The Kier molecular flexibility index (Phi) is 8.92. The number of aromatic nitrogens is 3. The molecule has 8 rings (SSSR count). The molecule has 3 heterocycles. The second kappa shape index (κ2) is 13.9. The topological polar surface area (TPSA) is 101 Å². The first kappa shape index (κ1) is 34.7. The van der Waals surface area contributed by atoms with E-state index in [0.29, 0.717) is 6.54 Å². The van der Waals surface area contributed by atoms with Crippen LogP contribution in [0.5, 0.6) is 0 Å². The van der Waals surface area contributed by atoms with Crippen LogP contribution in [0.1, 0.15) is 48.6 Å². The molecule has 1 aliphatic rings. The van der Waals surface area contributed by atoms with Crippen molar-refractivity contribution in [2.75, 3.05) is 6.54 Å². The summed E-state index contributed by atoms with van der Waals surface area (Å²) in [4.78, 5) is 4.58. The Labute approximate surface area is 316 Å². The standard InChI is InChI=1S/C48H46N6/c1-6-32(15-19-50)34-10-12-44-40(22-34)42-24-36-8-9-37-25-43-41-23-35(33(7-2)16-20-51)11-13-45(41)54(48-28-52-21-17-30(48)4)47(43)27-39(37)38(36)26-46(42)53(44)31(5)29(3)14-18-49/h6-7,10-18,20-28H,1,8-9,19,49-51H2,2-5H3/b18-14-,20-16-,31-29+,32-15+,33-7+. The molecule has 3 aromatic heterocycles. The molecule has 268 valence electrons. The van der Waals surface area contributed by atoms with Gasteiger partial charge in [-0.15, -0.1) is 0 Å². The van der Waals surface area contributed by atoms with Crippen molar-refractivity contribution in [2.24, 2.45) is 17.2 Å². The summed E-state index contributed by atoms with van der Waals surface area (Å²) in [6.45, 7) is 13.0. The van der Waals surface area contributed by atoms with Gasteiger partial charge in [0.05, 0.1) is 34.0 Å². The molecule has 0 aliphatic heterocycles. The lowest BCUT2D eigenvalue weighted by atomic mass is 9.84. The molecule has 0 amide bonds. The number of allylic oxidation sites excluding steroid dienone is 8. The van der Waals surface area contributed by atoms with E-state index in [-0.39, 0.29) is 0 Å². The van der Waals surface area contributed by atoms with Crippen LogP contribution in [-0.4, -0.2) is 20.7 Å². The third-order valence-corrected chi connectivity index (χ3v) is 11.2. The molecular weight excluding hydrogens is 661 g/mol. The average molecular weight is 707 g/mol. The molecule has 0 saturated heterocycles. The number of rotatable bonds is 8. The Balaban J connectivity index is 1.44. The lowest BCUT2D eigenvalue weighted by Gasteiger charge is -2.22. The quantitative estimate of drug-likeness (QED) is 0.137. The van der Waals surface area contributed by atoms with E-state index >= 15 is 0 Å². The predicted molar refractivity (Wildman–Crippen MR) is 231 cm³/mol. The van der Waals surface area contributed by atoms with E-state index in [0.717, 1.165) is 68.6 Å². The molecule has 7 aromatic rings. The second-order valence-corrected chi connectivity index (χ2v) is 14.2. The number of pyridine rings is 1. The zero-order valence-electron chi connectivity index (χ0n) is 31.4. The summed E-state index contributed by atoms with van der Waals surface area (Å²) in [6, 6.07) is 25.2. The molecule has 1 aliphatic carbocycles. The third-order valence-electron chi connectivity index (χ3n) is 11.2. The number of hydrogen-bond acceptors (Lipinski definition) is 4. The van der Waals surface area contributed by atoms with E-state index in [1.807, 2.05) is 36.7 Å². The van der Waals surface area contributed by atoms with Crippen LogP contribution in [0.4, 0.5) is 0 Å². The van der Waals surface area contributed by atoms with Crippen molar-refractivity contribution in [1.82, 2.24) is 14.1 Å². The highest BCUT2D eigenvalue weighted by Gasteiger charge is 2.24. The van der Waals surface area contributed by atoms with Crippen molar-refractivity contribution >= 4 is 60.5 Å². The Morgan fingerprint density at radius 2 is 1.37 bits per heavy atom. The van der Waals surface area contributed by atoms with Gasteiger partial charge in [-0.05, 0) is 175 Å². The van der Waals surface area contributed by atoms with Crippen molar-refractivity contribution in [2.45, 2.75) is 40.5 Å². The van der Waals surface area contributed by atoms with Gasteiger partial charge in [-0.25, -0.2) is 0 Å². The Bertz CT molecular complexity index is 2830. The van der Waals surface area contributed by atoms with Crippen LogP contribution in [0, 0.1) is 6.92 Å². The van der Waals surface area contributed by atoms with E-state index in [2.05, 4.69) is 121 Å². The summed E-state index contributed by atoms with van der Waals surface area (Å²) >= 11 is 0. The third kappa shape index (κ3) is 5.49. The number of nitrogens with two attached hydrogens (primary N) is 3. The monoisotopic (exact) mass is 706 g/mol. The molecule has 6 nitrogen and oxygen atoms in total. The van der Waals surface area contributed by atoms with E-state index in [1.54, 1.807) is 12.4 Å². The fourth-order valence-electron chi connectivity index (χ4n) is 8.43. The van der Waals surface area contributed by atoms with Crippen LogP contribution in [0.2, 0.25) is 0 Å². The largest absolute Gasteiger partial charge is 0.405 e. The maximum atomic E-state index is 5.94. The summed E-state index contributed by atoms with van der Waals surface area (Å²) in [6.07, 6.45) is 18.9. The smallest absolute Gasteiger partial charge is 0.0674 e. The molecule has 4 aromatic carbocycles. The van der Waals surface area contributed by atoms with Gasteiger partial charge in [-0.2, -0.15) is 0 Å². The van der Waals surface area contributed by atoms with Crippen LogP contribution < -0.4 is 17.2 Å². The lowest BCUT2D eigenvalue weighted by Crippen LogP contribution is -2.05. The van der Waals surface area contributed by atoms with Gasteiger partial charge in [0.2, 0.25) is 0 Å². The summed E-state index contributed by atoms with van der Waals surface area (Å²) in [7, 11) is 0. The van der Waals surface area contributed by atoms with E-state index in [4.69, 9.17) is 17.2 Å². The first-order valence-corrected chi connectivity index (χ1v) is 18.6. The number of nitrogens with zero attached hydrogens (tertiary/aromatic N) is 3. The normalized spacial score (nSPS) is 14.2. The van der Waals surface area contributed by atoms with Gasteiger partial charge in [0, 0.05) is 40.0 Å². The Hall–Kier alpha value is -6.37. The number of benzene rings is 4. The minimum absolute atomic E-state index is 0.455. The molecular formula is C48H46N6. The van der Waals surface area contributed by atoms with Gasteiger partial charge in [0.15, 0.2) is 0 Å². The maximum absolute atomic E-state index is 5.94. The predicted octanol–water partition coefficient (Wildman–Crippen LogP) is 10.5. The minimum Gasteiger partial charge on any atom is -0.405 e. The van der Waals surface area contributed by atoms with Gasteiger partial charge in [-0.3, -0.25) is 4.98 Å². The fourth-order valence-corrected chi connectivity index (χ4v) is 8.43. The van der Waals surface area contributed by atoms with E-state index in [9.17, 15) is 0 Å². The lowest BCUT2D eigenvalue weighted by molar-refractivity contribution is 0.946. The zero-order chi connectivity index (χ0) is 37.7. The highest BCUT2D eigenvalue weighted by atomic mass is 15.0. The highest BCUT2D eigenvalue weighted by molar-refractivity contribution is 6.14. The molecule has 6 N–H and O–H groups in total. The zero-order valence-corrected chi connectivity index (χ0v) is 31.4. The highest BCUT2D eigenvalue weighted by Crippen LogP contribution is 2.45. The fraction of sp³-hybridized carbons (Fsp3) is 0.146. The first-order valence-electron chi connectivity index (χ1n) is 18.6. The first-order chi connectivity index (χ1) is 26.3. The van der Waals surface area contributed by atoms with Crippen molar-refractivity contribution in [3.05, 3.63) is 162 Å². The van der Waals surface area contributed by atoms with Crippen LogP contribution in [0.15, 0.2) is 134 Å². The number of hydrogen-bond donors (Lipinski definition) is 3. The van der Waals surface area contributed by atoms with E-state index in [1.165, 1.54) is 54.9 Å². The Morgan fingerprint density at radius 1 is 0.759 bits per heavy atom. The molecule has 0 saturated carbocycles. The molecule has 0 unspecified atom stereocenters. The minimum atomic E-state index is 0.455. The van der Waals surface area contributed by atoms with Gasteiger partial charge in [-0.1, -0.05) is 36.9 Å². The molecule has 6 heteroatoms. The van der Waals surface area contributed by atoms with Crippen molar-refractivity contribution in [3.8, 4) is 16.8 Å². The van der Waals surface area contributed by atoms with Crippen molar-refractivity contribution in [3.63, 3.8) is 0 Å². The van der Waals surface area contributed by atoms with Crippen LogP contribution in [0.25, 0.3) is 77.3 Å². The maximum Gasteiger partial charge on any atom is 0.0674 e. The number of fused-ring (bicyclic) bond motifs is 9. The summed E-state index contributed by atoms with van der Waals surface area (Å²) < 4.78 is 4.78. The molecule has 54 heavy (non-hydrogen) atoms. The summed E-state index contributed by atoms with van der Waals surface area (Å²) in [5.41, 5.74) is 36.4. The summed E-state index contributed by atoms with van der Waals surface area (Å²) in [5.74, 6) is 0.